The molecule has 0 amide bonds. The van der Waals surface area contributed by atoms with E-state index in [9.17, 15) is 0 Å². The summed E-state index contributed by atoms with van der Waals surface area (Å²) in [5.41, 5.74) is 0. The van der Waals surface area contributed by atoms with Gasteiger partial charge < -0.3 is 48.4 Å². The van der Waals surface area contributed by atoms with Gasteiger partial charge in [0.15, 0.2) is 0 Å². The quantitative estimate of drug-likeness (QED) is 0.398. The van der Waals surface area contributed by atoms with Crippen molar-refractivity contribution >= 4 is 27.1 Å². The van der Waals surface area contributed by atoms with Crippen LogP contribution in [-0.4, -0.2) is 98.2 Å². The van der Waals surface area contributed by atoms with Crippen LogP contribution >= 0.6 is 0 Å². The van der Waals surface area contributed by atoms with Crippen molar-refractivity contribution in [2.24, 2.45) is 0 Å². The van der Waals surface area contributed by atoms with Crippen LogP contribution in [0.1, 0.15) is 0 Å². The fourth-order valence-corrected chi connectivity index (χ4v) is 6.63. The predicted octanol–water partition coefficient (Wildman–Crippen LogP) is -0.240. The number of rotatable bonds is 12. The molecule has 24 heavy (non-hydrogen) atoms. The van der Waals surface area contributed by atoms with Crippen molar-refractivity contribution in [3.05, 3.63) is 0 Å². The van der Waals surface area contributed by atoms with E-state index in [0.29, 0.717) is 0 Å². The molecule has 14 heteroatoms. The zero-order valence-corrected chi connectivity index (χ0v) is 19.0. The molecule has 11 nitrogen and oxygen atoms in total. The van der Waals surface area contributed by atoms with Crippen LogP contribution in [0.15, 0.2) is 0 Å². The van der Waals surface area contributed by atoms with Gasteiger partial charge in [0.25, 0.3) is 0 Å². The number of hydrogen-bond acceptors (Lipinski definition) is 11. The van der Waals surface area contributed by atoms with Crippen LogP contribution < -0.4 is 0 Å². The summed E-state index contributed by atoms with van der Waals surface area (Å²) < 4.78 is 55.3. The Morgan fingerprint density at radius 1 is 0.292 bits per heavy atom. The maximum atomic E-state index is 5.47. The molecule has 0 aromatic rings. The fraction of sp³-hybridized carbons (Fsp3) is 1.00. The Morgan fingerprint density at radius 2 is 0.458 bits per heavy atom. The van der Waals surface area contributed by atoms with E-state index in [2.05, 4.69) is 0 Å². The van der Waals surface area contributed by atoms with E-state index in [1.165, 1.54) is 71.1 Å². The summed E-state index contributed by atoms with van der Waals surface area (Å²) in [7, 11) is 5.30. The maximum Gasteiger partial charge on any atom is 0.678 e. The molecular formula is C10H30O11Si3. The third-order valence-corrected chi connectivity index (χ3v) is 9.75. The van der Waals surface area contributed by atoms with E-state index >= 15 is 0 Å². The first-order valence-electron chi connectivity index (χ1n) is 6.53. The van der Waals surface area contributed by atoms with Gasteiger partial charge in [0.1, 0.15) is 0 Å². The molecule has 0 saturated carbocycles. The first kappa shape index (κ1) is 26.4. The molecule has 0 bridgehead atoms. The Balaban J connectivity index is 0. The van der Waals surface area contributed by atoms with E-state index in [-0.39, 0.29) is 0 Å². The second-order valence-corrected chi connectivity index (χ2v) is 11.5. The lowest BCUT2D eigenvalue weighted by Gasteiger charge is -2.30. The zero-order chi connectivity index (χ0) is 19.3. The molecule has 0 spiro atoms. The Hall–Kier alpha value is 0.211. The van der Waals surface area contributed by atoms with Crippen molar-refractivity contribution in [2.45, 2.75) is 0 Å². The lowest BCUT2D eigenvalue weighted by atomic mass is 11.8. The van der Waals surface area contributed by atoms with Crippen molar-refractivity contribution in [3.63, 3.8) is 0 Å². The van der Waals surface area contributed by atoms with Crippen LogP contribution in [0, 0.1) is 0 Å². The molecule has 0 saturated heterocycles. The second kappa shape index (κ2) is 13.4. The van der Waals surface area contributed by atoms with Gasteiger partial charge in [-0.2, -0.15) is 0 Å². The van der Waals surface area contributed by atoms with E-state index in [0.717, 1.165) is 0 Å². The average Bonchev–Trinajstić information content (AvgIpc) is 2.67. The van der Waals surface area contributed by atoms with Crippen LogP contribution in [0.4, 0.5) is 0 Å². The van der Waals surface area contributed by atoms with Crippen LogP contribution in [0.5, 0.6) is 0 Å². The third kappa shape index (κ3) is 7.62. The van der Waals surface area contributed by atoms with Gasteiger partial charge in [0.05, 0.1) is 0 Å². The molecule has 0 atom stereocenters. The van der Waals surface area contributed by atoms with Gasteiger partial charge in [-0.15, -0.1) is 0 Å². The number of hydrogen-bond donors (Lipinski definition) is 0. The van der Waals surface area contributed by atoms with Crippen molar-refractivity contribution in [2.75, 3.05) is 71.1 Å². The zero-order valence-electron chi connectivity index (χ0n) is 16.0. The second-order valence-electron chi connectivity index (χ2n) is 3.64. The molecule has 0 aliphatic rings. The highest BCUT2D eigenvalue weighted by molar-refractivity contribution is 6.68. The van der Waals surface area contributed by atoms with E-state index in [1.54, 1.807) is 0 Å². The third-order valence-electron chi connectivity index (χ3n) is 2.75. The van der Waals surface area contributed by atoms with Gasteiger partial charge >= 0.3 is 27.1 Å². The Labute approximate surface area is 147 Å². The molecule has 0 rings (SSSR count). The Kier molecular flexibility index (Phi) is 14.8. The van der Waals surface area contributed by atoms with Crippen molar-refractivity contribution in [3.8, 4) is 0 Å². The molecule has 0 aromatic carbocycles. The van der Waals surface area contributed by atoms with Crippen LogP contribution in [0.3, 0.4) is 0 Å². The first-order chi connectivity index (χ1) is 11.3. The molecule has 0 N–H and O–H groups in total. The van der Waals surface area contributed by atoms with Gasteiger partial charge in [-0.3, -0.25) is 0 Å². The van der Waals surface area contributed by atoms with Gasteiger partial charge in [0.2, 0.25) is 0 Å². The van der Waals surface area contributed by atoms with Crippen LogP contribution in [0.2, 0.25) is 0 Å². The molecule has 0 radical (unpaired) electrons. The molecule has 0 aromatic heterocycles. The Bertz CT molecular complexity index is 246. The molecule has 148 valence electrons. The first-order valence-corrected chi connectivity index (χ1v) is 11.4. The fourth-order valence-electron chi connectivity index (χ4n) is 1.40. The summed E-state index contributed by atoms with van der Waals surface area (Å²) in [6.07, 6.45) is 0. The van der Waals surface area contributed by atoms with Crippen LogP contribution in [-0.2, 0) is 48.4 Å². The molecule has 0 aliphatic heterocycles. The lowest BCUT2D eigenvalue weighted by Crippen LogP contribution is -2.59. The summed E-state index contributed by atoms with van der Waals surface area (Å²) in [4.78, 5) is 0. The van der Waals surface area contributed by atoms with E-state index in [4.69, 9.17) is 48.4 Å². The highest BCUT2D eigenvalue weighted by Crippen LogP contribution is 2.18. The summed E-state index contributed by atoms with van der Waals surface area (Å²) in [6, 6.07) is 0. The van der Waals surface area contributed by atoms with Gasteiger partial charge in [-0.05, 0) is 0 Å². The summed E-state index contributed by atoms with van der Waals surface area (Å²) in [5, 5.41) is 0. The largest absolute Gasteiger partial charge is 0.678 e. The molecular weight excluding hydrogens is 380 g/mol. The minimum absolute atomic E-state index is 1.42. The molecule has 0 heterocycles. The van der Waals surface area contributed by atoms with E-state index in [1.807, 2.05) is 0 Å². The monoisotopic (exact) mass is 410 g/mol. The SMILES string of the molecule is CO[Si](OC)(OC)OC.CO[Si](OC)(OC)O[Si](OC)(OC)OC. The summed E-state index contributed by atoms with van der Waals surface area (Å²) >= 11 is 0. The van der Waals surface area contributed by atoms with Gasteiger partial charge in [0, 0.05) is 71.1 Å². The minimum atomic E-state index is -3.23. The smallest absolute Gasteiger partial charge is 0.355 e. The lowest BCUT2D eigenvalue weighted by molar-refractivity contribution is -0.0255. The highest BCUT2D eigenvalue weighted by Gasteiger charge is 2.57. The topological polar surface area (TPSA) is 102 Å². The Morgan fingerprint density at radius 3 is 0.542 bits per heavy atom. The molecule has 0 aliphatic carbocycles. The highest BCUT2D eigenvalue weighted by atomic mass is 28.5. The predicted molar refractivity (Wildman–Crippen MR) is 88.4 cm³/mol. The average molecular weight is 411 g/mol. The summed E-state index contributed by atoms with van der Waals surface area (Å²) in [5.74, 6) is 0. The van der Waals surface area contributed by atoms with Crippen molar-refractivity contribution in [1.82, 2.24) is 0 Å². The molecule has 0 unspecified atom stereocenters. The molecule has 0 fully saturated rings. The maximum absolute atomic E-state index is 5.47. The van der Waals surface area contributed by atoms with Gasteiger partial charge in [-0.25, -0.2) is 0 Å². The summed E-state index contributed by atoms with van der Waals surface area (Å²) in [6.45, 7) is 0. The minimum Gasteiger partial charge on any atom is -0.355 e. The van der Waals surface area contributed by atoms with Crippen molar-refractivity contribution in [1.29, 1.82) is 0 Å². The van der Waals surface area contributed by atoms with E-state index < -0.39 is 27.1 Å². The van der Waals surface area contributed by atoms with Crippen LogP contribution in [0.25, 0.3) is 0 Å². The normalized spacial score (nSPS) is 12.8. The van der Waals surface area contributed by atoms with Gasteiger partial charge in [-0.1, -0.05) is 0 Å². The van der Waals surface area contributed by atoms with Crippen molar-refractivity contribution < 1.29 is 48.4 Å². The standard InChI is InChI=1S/C6H18O7Si2.C4H12O4Si/c1-7-14(8-2,9-3)13-15(10-4,11-5)12-6;1-5-9(6-2,7-3)8-4/h1-6H3;1-4H3.